The molecule has 1 aliphatic rings. The first-order valence-electron chi connectivity index (χ1n) is 10.8. The Labute approximate surface area is 191 Å². The van der Waals surface area contributed by atoms with E-state index in [0.29, 0.717) is 28.3 Å². The summed E-state index contributed by atoms with van der Waals surface area (Å²) in [6.07, 6.45) is 4.69. The van der Waals surface area contributed by atoms with Gasteiger partial charge in [-0.05, 0) is 37.0 Å². The van der Waals surface area contributed by atoms with Crippen LogP contribution in [0.25, 0.3) is 11.4 Å². The molecule has 9 heteroatoms. The Balaban J connectivity index is 1.55. The van der Waals surface area contributed by atoms with Gasteiger partial charge in [0.15, 0.2) is 0 Å². The van der Waals surface area contributed by atoms with Gasteiger partial charge in [0.2, 0.25) is 5.91 Å². The van der Waals surface area contributed by atoms with Gasteiger partial charge in [0.05, 0.1) is 6.20 Å². The quantitative estimate of drug-likeness (QED) is 0.203. The number of hydrogen-bond acceptors (Lipinski definition) is 6. The lowest BCUT2D eigenvalue weighted by molar-refractivity contribution is -0.121. The molecule has 1 aliphatic carbocycles. The summed E-state index contributed by atoms with van der Waals surface area (Å²) >= 11 is 0. The molecule has 0 radical (unpaired) electrons. The molecule has 33 heavy (non-hydrogen) atoms. The van der Waals surface area contributed by atoms with E-state index in [9.17, 15) is 9.59 Å². The zero-order chi connectivity index (χ0) is 23.4. The number of benzene rings is 2. The van der Waals surface area contributed by atoms with Gasteiger partial charge < -0.3 is 22.1 Å². The lowest BCUT2D eigenvalue weighted by Gasteiger charge is -2.27. The van der Waals surface area contributed by atoms with Crippen molar-refractivity contribution in [3.8, 4) is 11.4 Å². The highest BCUT2D eigenvalue weighted by Gasteiger charge is 2.21. The van der Waals surface area contributed by atoms with E-state index in [0.717, 1.165) is 24.8 Å². The van der Waals surface area contributed by atoms with Crippen LogP contribution in [0.4, 0.5) is 11.4 Å². The molecule has 0 spiro atoms. The topological polar surface area (TPSA) is 152 Å². The number of carbonyl (C=O) groups is 1. The van der Waals surface area contributed by atoms with Crippen molar-refractivity contribution in [2.45, 2.75) is 38.4 Å². The third-order valence-corrected chi connectivity index (χ3v) is 5.71. The molecule has 1 heterocycles. The minimum absolute atomic E-state index is 0.0121. The number of nitrogens with one attached hydrogen (secondary N) is 3. The van der Waals surface area contributed by atoms with Crippen LogP contribution >= 0.6 is 0 Å². The number of nitrogens with zero attached hydrogens (tertiary/aromatic N) is 2. The van der Waals surface area contributed by atoms with Crippen molar-refractivity contribution < 1.29 is 4.79 Å². The van der Waals surface area contributed by atoms with Crippen LogP contribution in [0.15, 0.2) is 59.5 Å². The number of carbonyl (C=O) groups excluding carboxylic acids is 1. The van der Waals surface area contributed by atoms with Crippen molar-refractivity contribution >= 4 is 23.1 Å². The molecule has 2 aromatic carbocycles. The van der Waals surface area contributed by atoms with Crippen molar-refractivity contribution in [1.82, 2.24) is 14.9 Å². The molecule has 7 N–H and O–H groups in total. The molecule has 0 unspecified atom stereocenters. The third kappa shape index (κ3) is 5.20. The Morgan fingerprint density at radius 1 is 1.18 bits per heavy atom. The van der Waals surface area contributed by atoms with Crippen molar-refractivity contribution in [3.05, 3.63) is 76.2 Å². The van der Waals surface area contributed by atoms with Crippen molar-refractivity contribution in [2.24, 2.45) is 5.73 Å². The zero-order valence-electron chi connectivity index (χ0n) is 18.2. The molecule has 9 nitrogen and oxygen atoms in total. The summed E-state index contributed by atoms with van der Waals surface area (Å²) in [6.45, 7) is 0.106. The molecular weight excluding hydrogens is 418 g/mol. The van der Waals surface area contributed by atoms with Crippen LogP contribution in [-0.2, 0) is 17.9 Å². The first kappa shape index (κ1) is 22.1. The number of anilines is 2. The fourth-order valence-electron chi connectivity index (χ4n) is 3.62. The summed E-state index contributed by atoms with van der Waals surface area (Å²) in [5, 5.41) is 13.5. The van der Waals surface area contributed by atoms with Crippen LogP contribution < -0.4 is 27.7 Å². The lowest BCUT2D eigenvalue weighted by Crippen LogP contribution is -2.36. The predicted octanol–water partition coefficient (Wildman–Crippen LogP) is 2.06. The Morgan fingerprint density at radius 3 is 2.58 bits per heavy atom. The van der Waals surface area contributed by atoms with E-state index in [-0.39, 0.29) is 36.4 Å². The molecule has 0 bridgehead atoms. The van der Waals surface area contributed by atoms with Gasteiger partial charge in [-0.15, -0.1) is 0 Å². The molecule has 1 saturated carbocycles. The van der Waals surface area contributed by atoms with Gasteiger partial charge in [-0.25, -0.2) is 4.98 Å². The van der Waals surface area contributed by atoms with Crippen molar-refractivity contribution in [3.63, 3.8) is 0 Å². The van der Waals surface area contributed by atoms with Crippen LogP contribution in [0.1, 0.15) is 30.4 Å². The van der Waals surface area contributed by atoms with Crippen molar-refractivity contribution in [2.75, 3.05) is 11.1 Å². The Morgan fingerprint density at radius 2 is 1.94 bits per heavy atom. The lowest BCUT2D eigenvalue weighted by atomic mass is 9.93. The second kappa shape index (κ2) is 9.56. The third-order valence-electron chi connectivity index (χ3n) is 5.71. The average Bonchev–Trinajstić information content (AvgIpc) is 2.77. The van der Waals surface area contributed by atoms with E-state index in [1.807, 2.05) is 6.07 Å². The van der Waals surface area contributed by atoms with Gasteiger partial charge in [-0.2, -0.15) is 0 Å². The minimum Gasteiger partial charge on any atom is -0.399 e. The van der Waals surface area contributed by atoms with E-state index in [1.165, 1.54) is 10.8 Å². The second-order valence-corrected chi connectivity index (χ2v) is 8.17. The molecule has 170 valence electrons. The number of nitrogen functional groups attached to an aromatic ring is 2. The fourth-order valence-corrected chi connectivity index (χ4v) is 3.62. The number of amides is 1. The van der Waals surface area contributed by atoms with E-state index >= 15 is 0 Å². The maximum Gasteiger partial charge on any atom is 0.277 e. The molecule has 1 fully saturated rings. The van der Waals surface area contributed by atoms with Gasteiger partial charge in [0, 0.05) is 29.4 Å². The summed E-state index contributed by atoms with van der Waals surface area (Å²) in [7, 11) is 0. The fraction of sp³-hybridized carbons (Fsp3) is 0.250. The van der Waals surface area contributed by atoms with E-state index in [2.05, 4.69) is 15.6 Å². The Hall–Kier alpha value is -4.14. The molecule has 3 aromatic rings. The summed E-state index contributed by atoms with van der Waals surface area (Å²) < 4.78 is 1.38. The standard InChI is InChI=1S/C24H27N7O2/c25-18-4-1-3-17(11-18)23-29-13-20(30-19-5-2-6-19)24(33)31(23)14-21(32)28-12-15-7-9-16(10-8-15)22(26)27/h1,3-4,7-11,13,19,30H,2,5-6,12,14,25H2,(H3,26,27)(H,28,32). The molecule has 4 rings (SSSR count). The van der Waals surface area contributed by atoms with Crippen LogP contribution in [0.3, 0.4) is 0 Å². The van der Waals surface area contributed by atoms with Gasteiger partial charge in [0.25, 0.3) is 5.56 Å². The summed E-state index contributed by atoms with van der Waals surface area (Å²) in [4.78, 5) is 30.5. The molecule has 0 saturated heterocycles. The summed E-state index contributed by atoms with van der Waals surface area (Å²) in [5.41, 5.74) is 14.2. The predicted molar refractivity (Wildman–Crippen MR) is 129 cm³/mol. The van der Waals surface area contributed by atoms with Crippen LogP contribution in [0.2, 0.25) is 0 Å². The van der Waals surface area contributed by atoms with E-state index < -0.39 is 0 Å². The molecule has 0 aliphatic heterocycles. The Bertz CT molecular complexity index is 1230. The highest BCUT2D eigenvalue weighted by molar-refractivity contribution is 5.94. The van der Waals surface area contributed by atoms with E-state index in [4.69, 9.17) is 16.9 Å². The van der Waals surface area contributed by atoms with Crippen LogP contribution in [0.5, 0.6) is 0 Å². The average molecular weight is 446 g/mol. The SMILES string of the molecule is N=C(N)c1ccc(CNC(=O)Cn2c(-c3cccc(N)c3)ncc(NC3CCC3)c2=O)cc1. The first-order valence-corrected chi connectivity index (χ1v) is 10.8. The number of aromatic nitrogens is 2. The zero-order valence-corrected chi connectivity index (χ0v) is 18.2. The number of hydrogen-bond donors (Lipinski definition) is 5. The van der Waals surface area contributed by atoms with Gasteiger partial charge in [0.1, 0.15) is 23.9 Å². The summed E-state index contributed by atoms with van der Waals surface area (Å²) in [6, 6.07) is 14.4. The second-order valence-electron chi connectivity index (χ2n) is 8.17. The van der Waals surface area contributed by atoms with Crippen molar-refractivity contribution in [1.29, 1.82) is 5.41 Å². The normalized spacial score (nSPS) is 13.2. The number of rotatable bonds is 8. The highest BCUT2D eigenvalue weighted by Crippen LogP contribution is 2.23. The maximum atomic E-state index is 13.3. The monoisotopic (exact) mass is 445 g/mol. The van der Waals surface area contributed by atoms with E-state index in [1.54, 1.807) is 42.5 Å². The summed E-state index contributed by atoms with van der Waals surface area (Å²) in [5.74, 6) is 0.0508. The molecule has 1 amide bonds. The largest absolute Gasteiger partial charge is 0.399 e. The Kier molecular flexibility index (Phi) is 6.39. The smallest absolute Gasteiger partial charge is 0.277 e. The number of amidine groups is 1. The van der Waals surface area contributed by atoms with Gasteiger partial charge in [-0.3, -0.25) is 19.6 Å². The first-order chi connectivity index (χ1) is 15.9. The van der Waals surface area contributed by atoms with Gasteiger partial charge in [-0.1, -0.05) is 36.4 Å². The molecular formula is C24H27N7O2. The highest BCUT2D eigenvalue weighted by atomic mass is 16.2. The minimum atomic E-state index is -0.319. The van der Waals surface area contributed by atoms with Gasteiger partial charge >= 0.3 is 0 Å². The number of nitrogens with two attached hydrogens (primary N) is 2. The molecule has 1 aromatic heterocycles. The molecule has 0 atom stereocenters. The maximum absolute atomic E-state index is 13.3. The van der Waals surface area contributed by atoms with Crippen LogP contribution in [0, 0.1) is 5.41 Å². The van der Waals surface area contributed by atoms with Crippen LogP contribution in [-0.4, -0.2) is 27.3 Å².